The van der Waals surface area contributed by atoms with E-state index in [1.807, 2.05) is 6.92 Å². The van der Waals surface area contributed by atoms with Gasteiger partial charge in [0, 0.05) is 5.56 Å². The van der Waals surface area contributed by atoms with Crippen LogP contribution in [-0.4, -0.2) is 23.8 Å². The van der Waals surface area contributed by atoms with Crippen LogP contribution in [0.15, 0.2) is 23.3 Å². The van der Waals surface area contributed by atoms with Gasteiger partial charge in [-0.15, -0.1) is 0 Å². The van der Waals surface area contributed by atoms with Crippen molar-refractivity contribution in [2.75, 3.05) is 6.61 Å². The molecule has 4 aliphatic rings. The van der Waals surface area contributed by atoms with Gasteiger partial charge in [0.2, 0.25) is 5.91 Å². The maximum absolute atomic E-state index is 13.1. The van der Waals surface area contributed by atoms with E-state index in [4.69, 9.17) is 4.74 Å². The minimum absolute atomic E-state index is 0.0424. The fourth-order valence-electron chi connectivity index (χ4n) is 6.90. The number of hydrogen-bond donors (Lipinski definition) is 2. The number of amides is 1. The van der Waals surface area contributed by atoms with Gasteiger partial charge in [-0.05, 0) is 74.3 Å². The molecule has 4 bridgehead atoms. The van der Waals surface area contributed by atoms with Gasteiger partial charge in [-0.3, -0.25) is 4.79 Å². The summed E-state index contributed by atoms with van der Waals surface area (Å²) >= 11 is 0. The van der Waals surface area contributed by atoms with E-state index in [2.05, 4.69) is 24.4 Å². The van der Waals surface area contributed by atoms with Crippen LogP contribution in [0.4, 0.5) is 0 Å². The largest absolute Gasteiger partial charge is 0.504 e. The maximum atomic E-state index is 13.1. The van der Waals surface area contributed by atoms with Crippen molar-refractivity contribution in [2.24, 2.45) is 27.3 Å². The van der Waals surface area contributed by atoms with Crippen molar-refractivity contribution in [1.82, 2.24) is 5.43 Å². The van der Waals surface area contributed by atoms with Gasteiger partial charge in [-0.1, -0.05) is 19.9 Å². The van der Waals surface area contributed by atoms with Crippen LogP contribution in [0.25, 0.3) is 0 Å². The lowest BCUT2D eigenvalue weighted by Crippen LogP contribution is -2.59. The summed E-state index contributed by atoms with van der Waals surface area (Å²) < 4.78 is 5.39. The second-order valence-corrected chi connectivity index (χ2v) is 9.74. The van der Waals surface area contributed by atoms with Crippen LogP contribution in [0.3, 0.4) is 0 Å². The highest BCUT2D eigenvalue weighted by atomic mass is 16.5. The van der Waals surface area contributed by atoms with Crippen LogP contribution in [0.5, 0.6) is 11.5 Å². The molecule has 4 aliphatic carbocycles. The number of benzene rings is 1. The lowest BCUT2D eigenvalue weighted by molar-refractivity contribution is -0.170. The first-order valence-electron chi connectivity index (χ1n) is 10.0. The molecule has 0 radical (unpaired) electrons. The molecule has 1 aromatic carbocycles. The molecule has 2 N–H and O–H groups in total. The fourth-order valence-corrected chi connectivity index (χ4v) is 6.90. The van der Waals surface area contributed by atoms with Crippen LogP contribution >= 0.6 is 0 Å². The number of phenols is 1. The van der Waals surface area contributed by atoms with Gasteiger partial charge >= 0.3 is 0 Å². The number of para-hydroxylation sites is 1. The summed E-state index contributed by atoms with van der Waals surface area (Å²) in [6.07, 6.45) is 8.20. The van der Waals surface area contributed by atoms with E-state index in [-0.39, 0.29) is 17.1 Å². The van der Waals surface area contributed by atoms with Crippen molar-refractivity contribution in [3.8, 4) is 11.5 Å². The third-order valence-electron chi connectivity index (χ3n) is 6.81. The Morgan fingerprint density at radius 1 is 1.26 bits per heavy atom. The summed E-state index contributed by atoms with van der Waals surface area (Å²) in [6.45, 7) is 7.07. The van der Waals surface area contributed by atoms with Gasteiger partial charge in [-0.25, -0.2) is 5.43 Å². The molecule has 0 spiro atoms. The molecule has 5 nitrogen and oxygen atoms in total. The predicted molar refractivity (Wildman–Crippen MR) is 105 cm³/mol. The molecule has 5 rings (SSSR count). The van der Waals surface area contributed by atoms with E-state index in [0.29, 0.717) is 34.7 Å². The number of carbonyl (C=O) groups excluding carboxylic acids is 1. The van der Waals surface area contributed by atoms with Crippen molar-refractivity contribution in [3.63, 3.8) is 0 Å². The Balaban J connectivity index is 1.49. The molecule has 5 heteroatoms. The Labute approximate surface area is 161 Å². The van der Waals surface area contributed by atoms with Crippen LogP contribution in [0.1, 0.15) is 64.9 Å². The van der Waals surface area contributed by atoms with Crippen molar-refractivity contribution in [2.45, 2.75) is 59.3 Å². The number of hydrogen-bond acceptors (Lipinski definition) is 4. The van der Waals surface area contributed by atoms with Crippen molar-refractivity contribution >= 4 is 12.1 Å². The lowest BCUT2D eigenvalue weighted by Gasteiger charge is -2.64. The lowest BCUT2D eigenvalue weighted by atomic mass is 9.40. The van der Waals surface area contributed by atoms with Crippen LogP contribution in [0, 0.1) is 22.2 Å². The second kappa shape index (κ2) is 6.25. The molecule has 0 saturated heterocycles. The molecule has 27 heavy (non-hydrogen) atoms. The van der Waals surface area contributed by atoms with Crippen LogP contribution < -0.4 is 10.2 Å². The summed E-state index contributed by atoms with van der Waals surface area (Å²) in [7, 11) is 0. The molecule has 2 atom stereocenters. The molecular weight excluding hydrogens is 340 g/mol. The number of phenolic OH excluding ortho intramolecular Hbond substituents is 1. The monoisotopic (exact) mass is 370 g/mol. The van der Waals surface area contributed by atoms with Gasteiger partial charge in [0.05, 0.1) is 18.2 Å². The summed E-state index contributed by atoms with van der Waals surface area (Å²) in [5, 5.41) is 14.4. The van der Waals surface area contributed by atoms with Crippen molar-refractivity contribution in [3.05, 3.63) is 23.8 Å². The average molecular weight is 370 g/mol. The molecule has 2 unspecified atom stereocenters. The van der Waals surface area contributed by atoms with Gasteiger partial charge in [0.1, 0.15) is 0 Å². The number of nitrogens with zero attached hydrogens (tertiary/aromatic N) is 1. The zero-order chi connectivity index (χ0) is 19.3. The average Bonchev–Trinajstić information content (AvgIpc) is 2.55. The van der Waals surface area contributed by atoms with E-state index < -0.39 is 0 Å². The van der Waals surface area contributed by atoms with E-state index in [1.165, 1.54) is 25.5 Å². The zero-order valence-electron chi connectivity index (χ0n) is 16.5. The highest BCUT2D eigenvalue weighted by Crippen LogP contribution is 2.69. The zero-order valence-corrected chi connectivity index (χ0v) is 16.5. The molecule has 4 saturated carbocycles. The van der Waals surface area contributed by atoms with Gasteiger partial charge < -0.3 is 9.84 Å². The first-order valence-corrected chi connectivity index (χ1v) is 10.0. The summed E-state index contributed by atoms with van der Waals surface area (Å²) in [5.74, 6) is 1.18. The van der Waals surface area contributed by atoms with E-state index in [9.17, 15) is 9.90 Å². The van der Waals surface area contributed by atoms with E-state index >= 15 is 0 Å². The van der Waals surface area contributed by atoms with Gasteiger partial charge in [-0.2, -0.15) is 5.10 Å². The number of ether oxygens (including phenoxy) is 1. The molecule has 0 aromatic heterocycles. The van der Waals surface area contributed by atoms with Gasteiger partial charge in [0.15, 0.2) is 11.5 Å². The summed E-state index contributed by atoms with van der Waals surface area (Å²) in [4.78, 5) is 13.1. The van der Waals surface area contributed by atoms with Crippen LogP contribution in [-0.2, 0) is 4.79 Å². The molecule has 1 aromatic rings. The number of carbonyl (C=O) groups is 1. The molecule has 4 fully saturated rings. The van der Waals surface area contributed by atoms with Crippen molar-refractivity contribution < 1.29 is 14.6 Å². The molecule has 1 amide bonds. The van der Waals surface area contributed by atoms with Crippen LogP contribution in [0.2, 0.25) is 0 Å². The third-order valence-corrected chi connectivity index (χ3v) is 6.81. The quantitative estimate of drug-likeness (QED) is 0.602. The Morgan fingerprint density at radius 2 is 1.96 bits per heavy atom. The second-order valence-electron chi connectivity index (χ2n) is 9.74. The minimum atomic E-state index is -0.282. The Hall–Kier alpha value is -2.04. The van der Waals surface area contributed by atoms with E-state index in [1.54, 1.807) is 18.2 Å². The number of hydrazone groups is 1. The van der Waals surface area contributed by atoms with Crippen molar-refractivity contribution in [1.29, 1.82) is 0 Å². The summed E-state index contributed by atoms with van der Waals surface area (Å²) in [6, 6.07) is 5.26. The summed E-state index contributed by atoms with van der Waals surface area (Å²) in [5.41, 5.74) is 3.61. The Kier molecular flexibility index (Phi) is 4.24. The highest BCUT2D eigenvalue weighted by molar-refractivity contribution is 5.88. The number of aromatic hydroxyl groups is 1. The maximum Gasteiger partial charge on any atom is 0.246 e. The number of nitrogens with one attached hydrogen (secondary N) is 1. The third kappa shape index (κ3) is 3.21. The molecule has 146 valence electrons. The standard InChI is InChI=1S/C22H30N2O3/c1-4-27-17-7-5-6-16(18(17)25)11-23-24-19(26)22-10-15-8-20(2,13-22)12-21(3,9-15)14-22/h5-7,11,15,25H,4,8-10,12-14H2,1-3H3,(H,24,26)/b23-11+. The first kappa shape index (κ1) is 18.3. The molecule has 0 aliphatic heterocycles. The molecular formula is C22H30N2O3. The normalized spacial score (nSPS) is 36.9. The fraction of sp³-hybridized carbons (Fsp3) is 0.636. The SMILES string of the molecule is CCOc1cccc(/C=N/NC(=O)C23CC4CC(C)(CC(C)(C4)C2)C3)c1O. The van der Waals surface area contributed by atoms with E-state index in [0.717, 1.165) is 19.3 Å². The molecule has 0 heterocycles. The minimum Gasteiger partial charge on any atom is -0.504 e. The topological polar surface area (TPSA) is 70.9 Å². The smallest absolute Gasteiger partial charge is 0.246 e. The highest BCUT2D eigenvalue weighted by Gasteiger charge is 2.62. The Morgan fingerprint density at radius 3 is 2.59 bits per heavy atom. The van der Waals surface area contributed by atoms with Gasteiger partial charge in [0.25, 0.3) is 0 Å². The first-order chi connectivity index (χ1) is 12.8. The number of rotatable bonds is 5. The predicted octanol–water partition coefficient (Wildman–Crippen LogP) is 4.24. The Bertz CT molecular complexity index is 770.